The Morgan fingerprint density at radius 2 is 1.62 bits per heavy atom. The Labute approximate surface area is 168 Å². The van der Waals surface area contributed by atoms with E-state index in [1.165, 1.54) is 0 Å². The van der Waals surface area contributed by atoms with Gasteiger partial charge in [-0.15, -0.1) is 12.4 Å². The first-order chi connectivity index (χ1) is 11.0. The Kier molecular flexibility index (Phi) is 9.58. The molecule has 0 spiro atoms. The quantitative estimate of drug-likeness (QED) is 0.511. The Balaban J connectivity index is 0.00000288. The molecule has 0 saturated heterocycles. The van der Waals surface area contributed by atoms with Crippen molar-refractivity contribution in [2.45, 2.75) is 19.9 Å². The fraction of sp³-hybridized carbons (Fsp3) is 0.294. The van der Waals surface area contributed by atoms with Crippen molar-refractivity contribution in [1.29, 1.82) is 0 Å². The highest BCUT2D eigenvalue weighted by Crippen LogP contribution is 2.32. The molecule has 0 heterocycles. The van der Waals surface area contributed by atoms with Crippen LogP contribution in [0.1, 0.15) is 18.1 Å². The van der Waals surface area contributed by atoms with Crippen LogP contribution in [0, 0.1) is 0 Å². The zero-order valence-corrected chi connectivity index (χ0v) is 16.9. The average Bonchev–Trinajstić information content (AvgIpc) is 2.48. The van der Waals surface area contributed by atoms with Gasteiger partial charge in [0.2, 0.25) is 0 Å². The summed E-state index contributed by atoms with van der Waals surface area (Å²) < 4.78 is 5.60. The van der Waals surface area contributed by atoms with Gasteiger partial charge in [-0.1, -0.05) is 52.5 Å². The Morgan fingerprint density at radius 1 is 0.917 bits per heavy atom. The molecule has 2 aromatic rings. The zero-order valence-electron chi connectivity index (χ0n) is 13.0. The Bertz CT molecular complexity index is 678. The van der Waals surface area contributed by atoms with E-state index < -0.39 is 0 Å². The predicted octanol–water partition coefficient (Wildman–Crippen LogP) is 6.45. The summed E-state index contributed by atoms with van der Waals surface area (Å²) in [6.45, 7) is 3.84. The highest BCUT2D eigenvalue weighted by atomic mass is 35.5. The van der Waals surface area contributed by atoms with E-state index in [1.54, 1.807) is 12.1 Å². The summed E-state index contributed by atoms with van der Waals surface area (Å²) in [5, 5.41) is 5.80. The first kappa shape index (κ1) is 21.7. The normalized spacial score (nSPS) is 10.4. The van der Waals surface area contributed by atoms with Gasteiger partial charge >= 0.3 is 0 Å². The van der Waals surface area contributed by atoms with Gasteiger partial charge in [0.1, 0.15) is 5.75 Å². The highest BCUT2D eigenvalue weighted by molar-refractivity contribution is 6.36. The van der Waals surface area contributed by atoms with Gasteiger partial charge in [0.05, 0.1) is 11.6 Å². The second-order valence-electron chi connectivity index (χ2n) is 4.97. The first-order valence-corrected chi connectivity index (χ1v) is 8.77. The molecule has 0 unspecified atom stereocenters. The van der Waals surface area contributed by atoms with Crippen LogP contribution in [-0.4, -0.2) is 13.2 Å². The van der Waals surface area contributed by atoms with Crippen molar-refractivity contribution in [2.75, 3.05) is 13.2 Å². The standard InChI is InChI=1S/C17H17Cl4NO.ClH/c1-2-23-17-12(7-14(19)9-16(17)21)10-22-6-5-11-3-4-13(18)8-15(11)20;/h3-4,7-9,22H,2,5-6,10H2,1H3;1H. The molecule has 7 heteroatoms. The smallest absolute Gasteiger partial charge is 0.142 e. The third-order valence-electron chi connectivity index (χ3n) is 3.28. The molecular formula is C17H18Cl5NO. The Morgan fingerprint density at radius 3 is 2.29 bits per heavy atom. The number of hydrogen-bond acceptors (Lipinski definition) is 2. The molecule has 0 saturated carbocycles. The molecule has 0 fully saturated rings. The van der Waals surface area contributed by atoms with E-state index in [0.717, 1.165) is 24.1 Å². The van der Waals surface area contributed by atoms with E-state index in [2.05, 4.69) is 5.32 Å². The second-order valence-corrected chi connectivity index (χ2v) is 6.66. The zero-order chi connectivity index (χ0) is 16.8. The van der Waals surface area contributed by atoms with Crippen LogP contribution >= 0.6 is 58.8 Å². The van der Waals surface area contributed by atoms with Crippen LogP contribution in [0.4, 0.5) is 0 Å². The van der Waals surface area contributed by atoms with Crippen molar-refractivity contribution < 1.29 is 4.74 Å². The molecule has 0 aromatic heterocycles. The van der Waals surface area contributed by atoms with Crippen molar-refractivity contribution in [2.24, 2.45) is 0 Å². The average molecular weight is 430 g/mol. The van der Waals surface area contributed by atoms with Crippen LogP contribution in [0.25, 0.3) is 0 Å². The van der Waals surface area contributed by atoms with E-state index in [9.17, 15) is 0 Å². The van der Waals surface area contributed by atoms with E-state index in [4.69, 9.17) is 51.1 Å². The molecule has 2 aromatic carbocycles. The van der Waals surface area contributed by atoms with Crippen molar-refractivity contribution in [3.05, 3.63) is 61.5 Å². The monoisotopic (exact) mass is 427 g/mol. The van der Waals surface area contributed by atoms with E-state index >= 15 is 0 Å². The molecule has 0 radical (unpaired) electrons. The number of rotatable bonds is 7. The van der Waals surface area contributed by atoms with Gasteiger partial charge in [0.25, 0.3) is 0 Å². The lowest BCUT2D eigenvalue weighted by atomic mass is 10.1. The van der Waals surface area contributed by atoms with Gasteiger partial charge in [-0.25, -0.2) is 0 Å². The summed E-state index contributed by atoms with van der Waals surface area (Å²) >= 11 is 24.3. The predicted molar refractivity (Wildman–Crippen MR) is 107 cm³/mol. The van der Waals surface area contributed by atoms with Crippen molar-refractivity contribution in [1.82, 2.24) is 5.32 Å². The maximum absolute atomic E-state index is 6.19. The van der Waals surface area contributed by atoms with Crippen molar-refractivity contribution >= 4 is 58.8 Å². The number of benzene rings is 2. The molecule has 0 aliphatic rings. The summed E-state index contributed by atoms with van der Waals surface area (Å²) in [4.78, 5) is 0. The summed E-state index contributed by atoms with van der Waals surface area (Å²) in [7, 11) is 0. The molecule has 24 heavy (non-hydrogen) atoms. The second kappa shape index (κ2) is 10.6. The van der Waals surface area contributed by atoms with Gasteiger partial charge in [0.15, 0.2) is 0 Å². The molecular weight excluding hydrogens is 411 g/mol. The molecule has 0 aliphatic carbocycles. The van der Waals surface area contributed by atoms with E-state index in [1.807, 2.05) is 25.1 Å². The van der Waals surface area contributed by atoms with Crippen LogP contribution < -0.4 is 10.1 Å². The van der Waals surface area contributed by atoms with Crippen LogP contribution in [0.2, 0.25) is 20.1 Å². The number of halogens is 5. The fourth-order valence-electron chi connectivity index (χ4n) is 2.22. The molecule has 0 atom stereocenters. The Hall–Kier alpha value is -0.350. The van der Waals surface area contributed by atoms with E-state index in [0.29, 0.717) is 39.0 Å². The molecule has 0 bridgehead atoms. The minimum absolute atomic E-state index is 0. The lowest BCUT2D eigenvalue weighted by Gasteiger charge is -2.13. The van der Waals surface area contributed by atoms with Crippen molar-refractivity contribution in [3.63, 3.8) is 0 Å². The minimum atomic E-state index is 0. The molecule has 1 N–H and O–H groups in total. The number of ether oxygens (including phenoxy) is 1. The molecule has 2 nitrogen and oxygen atoms in total. The maximum Gasteiger partial charge on any atom is 0.142 e. The third-order valence-corrected chi connectivity index (χ3v) is 4.36. The third kappa shape index (κ3) is 6.18. The van der Waals surface area contributed by atoms with Gasteiger partial charge < -0.3 is 10.1 Å². The highest BCUT2D eigenvalue weighted by Gasteiger charge is 2.10. The topological polar surface area (TPSA) is 21.3 Å². The fourth-order valence-corrected chi connectivity index (χ4v) is 3.31. The lowest BCUT2D eigenvalue weighted by Crippen LogP contribution is -2.17. The summed E-state index contributed by atoms with van der Waals surface area (Å²) in [6, 6.07) is 9.08. The van der Waals surface area contributed by atoms with Gasteiger partial charge in [-0.2, -0.15) is 0 Å². The summed E-state index contributed by atoms with van der Waals surface area (Å²) in [5.74, 6) is 0.676. The molecule has 0 amide bonds. The van der Waals surface area contributed by atoms with Crippen LogP contribution in [0.5, 0.6) is 5.75 Å². The van der Waals surface area contributed by atoms with Gasteiger partial charge in [-0.3, -0.25) is 0 Å². The van der Waals surface area contributed by atoms with E-state index in [-0.39, 0.29) is 12.4 Å². The van der Waals surface area contributed by atoms with Crippen LogP contribution in [-0.2, 0) is 13.0 Å². The minimum Gasteiger partial charge on any atom is -0.492 e. The van der Waals surface area contributed by atoms with Crippen LogP contribution in [0.15, 0.2) is 30.3 Å². The SMILES string of the molecule is CCOc1c(Cl)cc(Cl)cc1CNCCc1ccc(Cl)cc1Cl.Cl. The summed E-state index contributed by atoms with van der Waals surface area (Å²) in [5.41, 5.74) is 1.99. The first-order valence-electron chi connectivity index (χ1n) is 7.26. The number of nitrogens with one attached hydrogen (secondary N) is 1. The maximum atomic E-state index is 6.19. The molecule has 0 aliphatic heterocycles. The summed E-state index contributed by atoms with van der Waals surface area (Å²) in [6.07, 6.45) is 0.800. The van der Waals surface area contributed by atoms with Gasteiger partial charge in [-0.05, 0) is 49.7 Å². The largest absolute Gasteiger partial charge is 0.492 e. The van der Waals surface area contributed by atoms with Gasteiger partial charge in [0, 0.05) is 27.2 Å². The number of hydrogen-bond donors (Lipinski definition) is 1. The van der Waals surface area contributed by atoms with Crippen LogP contribution in [0.3, 0.4) is 0 Å². The van der Waals surface area contributed by atoms with Crippen molar-refractivity contribution in [3.8, 4) is 5.75 Å². The molecule has 2 rings (SSSR count). The molecule has 132 valence electrons. The lowest BCUT2D eigenvalue weighted by molar-refractivity contribution is 0.336.